The van der Waals surface area contributed by atoms with E-state index < -0.39 is 0 Å². The van der Waals surface area contributed by atoms with Crippen molar-refractivity contribution in [2.24, 2.45) is 5.73 Å². The van der Waals surface area contributed by atoms with E-state index in [9.17, 15) is 0 Å². The van der Waals surface area contributed by atoms with E-state index in [2.05, 4.69) is 36.4 Å². The molecule has 1 aromatic rings. The Labute approximate surface area is 123 Å². The number of rotatable bonds is 3. The molecule has 108 valence electrons. The van der Waals surface area contributed by atoms with Gasteiger partial charge in [-0.1, -0.05) is 61.2 Å². The van der Waals surface area contributed by atoms with Gasteiger partial charge in [0.15, 0.2) is 0 Å². The van der Waals surface area contributed by atoms with Crippen molar-refractivity contribution in [1.82, 2.24) is 0 Å². The largest absolute Gasteiger partial charge is 0.323 e. The van der Waals surface area contributed by atoms with Gasteiger partial charge in [-0.25, -0.2) is 0 Å². The van der Waals surface area contributed by atoms with Crippen LogP contribution in [0.4, 0.5) is 0 Å². The lowest BCUT2D eigenvalue weighted by atomic mass is 9.58. The molecule has 0 spiro atoms. The molecule has 1 unspecified atom stereocenters. The topological polar surface area (TPSA) is 26.0 Å². The Bertz CT molecular complexity index is 456. The van der Waals surface area contributed by atoms with Crippen LogP contribution >= 0.6 is 0 Å². The molecule has 0 heterocycles. The van der Waals surface area contributed by atoms with Crippen molar-refractivity contribution in [2.45, 2.75) is 69.2 Å². The Morgan fingerprint density at radius 3 is 2.35 bits per heavy atom. The van der Waals surface area contributed by atoms with Gasteiger partial charge < -0.3 is 5.73 Å². The first kappa shape index (κ1) is 13.9. The van der Waals surface area contributed by atoms with Gasteiger partial charge in [-0.15, -0.1) is 0 Å². The fourth-order valence-electron chi connectivity index (χ4n) is 3.96. The lowest BCUT2D eigenvalue weighted by Gasteiger charge is -2.48. The Hall–Kier alpha value is -1.08. The van der Waals surface area contributed by atoms with Gasteiger partial charge in [-0.05, 0) is 44.1 Å². The molecular weight excluding hydrogens is 242 g/mol. The average Bonchev–Trinajstić information content (AvgIpc) is 2.38. The monoisotopic (exact) mass is 269 g/mol. The van der Waals surface area contributed by atoms with Crippen LogP contribution < -0.4 is 5.73 Å². The highest BCUT2D eigenvalue weighted by atomic mass is 14.7. The van der Waals surface area contributed by atoms with E-state index >= 15 is 0 Å². The highest BCUT2D eigenvalue weighted by Crippen LogP contribution is 2.48. The summed E-state index contributed by atoms with van der Waals surface area (Å²) >= 11 is 0. The first-order chi connectivity index (χ1) is 9.83. The second kappa shape index (κ2) is 6.13. The molecule has 3 rings (SSSR count). The Morgan fingerprint density at radius 2 is 1.65 bits per heavy atom. The Morgan fingerprint density at radius 1 is 0.900 bits per heavy atom. The van der Waals surface area contributed by atoms with Crippen molar-refractivity contribution < 1.29 is 0 Å². The summed E-state index contributed by atoms with van der Waals surface area (Å²) in [5.74, 6) is 0. The zero-order valence-corrected chi connectivity index (χ0v) is 12.5. The molecule has 2 aliphatic carbocycles. The summed E-state index contributed by atoms with van der Waals surface area (Å²) in [6.45, 7) is 0. The predicted molar refractivity (Wildman–Crippen MR) is 85.7 cm³/mol. The van der Waals surface area contributed by atoms with Crippen LogP contribution in [0.2, 0.25) is 0 Å². The summed E-state index contributed by atoms with van der Waals surface area (Å²) in [5, 5.41) is 0. The van der Waals surface area contributed by atoms with Gasteiger partial charge in [0.05, 0.1) is 0 Å². The molecule has 1 atom stereocenters. The zero-order chi connectivity index (χ0) is 13.8. The number of nitrogens with two attached hydrogens (primary N) is 1. The third-order valence-electron chi connectivity index (χ3n) is 5.42. The highest BCUT2D eigenvalue weighted by molar-refractivity contribution is 5.35. The fraction of sp³-hybridized carbons (Fsp3) is 0.579. The Kier molecular flexibility index (Phi) is 4.26. The third kappa shape index (κ3) is 2.56. The minimum Gasteiger partial charge on any atom is -0.323 e. The average molecular weight is 269 g/mol. The van der Waals surface area contributed by atoms with Crippen molar-refractivity contribution >= 4 is 0 Å². The first-order valence-corrected chi connectivity index (χ1v) is 8.33. The van der Waals surface area contributed by atoms with Crippen LogP contribution in [0.3, 0.4) is 0 Å². The smallest absolute Gasteiger partial charge is 0.0352 e. The molecule has 1 fully saturated rings. The van der Waals surface area contributed by atoms with E-state index in [-0.39, 0.29) is 11.5 Å². The number of allylic oxidation sites excluding steroid dienone is 1. The maximum atomic E-state index is 6.77. The molecule has 2 aliphatic rings. The Balaban J connectivity index is 1.85. The molecule has 1 heteroatoms. The van der Waals surface area contributed by atoms with Crippen molar-refractivity contribution in [3.8, 4) is 0 Å². The van der Waals surface area contributed by atoms with Crippen LogP contribution in [0, 0.1) is 0 Å². The second-order valence-electron chi connectivity index (χ2n) is 6.59. The number of benzene rings is 1. The van der Waals surface area contributed by atoms with E-state index in [1.165, 1.54) is 68.9 Å². The predicted octanol–water partition coefficient (Wildman–Crippen LogP) is 4.72. The van der Waals surface area contributed by atoms with E-state index in [4.69, 9.17) is 5.73 Å². The summed E-state index contributed by atoms with van der Waals surface area (Å²) in [5.41, 5.74) is 10.00. The van der Waals surface area contributed by atoms with Crippen molar-refractivity contribution in [2.75, 3.05) is 0 Å². The summed E-state index contributed by atoms with van der Waals surface area (Å²) in [4.78, 5) is 0. The van der Waals surface area contributed by atoms with E-state index in [0.717, 1.165) is 0 Å². The normalized spacial score (nSPS) is 26.6. The van der Waals surface area contributed by atoms with Crippen LogP contribution in [-0.4, -0.2) is 6.04 Å². The zero-order valence-electron chi connectivity index (χ0n) is 12.5. The molecule has 0 saturated heterocycles. The summed E-state index contributed by atoms with van der Waals surface area (Å²) in [6.07, 6.45) is 14.2. The van der Waals surface area contributed by atoms with E-state index in [0.29, 0.717) is 0 Å². The van der Waals surface area contributed by atoms with Gasteiger partial charge in [-0.3, -0.25) is 0 Å². The summed E-state index contributed by atoms with van der Waals surface area (Å²) < 4.78 is 0. The van der Waals surface area contributed by atoms with Gasteiger partial charge in [0.2, 0.25) is 0 Å². The molecule has 0 aromatic heterocycles. The van der Waals surface area contributed by atoms with Gasteiger partial charge in [0, 0.05) is 11.5 Å². The van der Waals surface area contributed by atoms with Crippen LogP contribution in [0.1, 0.15) is 63.4 Å². The number of hydrogen-bond acceptors (Lipinski definition) is 1. The minimum atomic E-state index is 0.228. The van der Waals surface area contributed by atoms with Crippen molar-refractivity contribution in [1.29, 1.82) is 0 Å². The first-order valence-electron chi connectivity index (χ1n) is 8.33. The van der Waals surface area contributed by atoms with Gasteiger partial charge in [0.1, 0.15) is 0 Å². The molecular formula is C19H27N. The second-order valence-corrected chi connectivity index (χ2v) is 6.59. The van der Waals surface area contributed by atoms with E-state index in [1.807, 2.05) is 0 Å². The lowest BCUT2D eigenvalue weighted by molar-refractivity contribution is 0.210. The summed E-state index contributed by atoms with van der Waals surface area (Å²) in [6, 6.07) is 11.2. The SMILES string of the molecule is NC(/C1=C/CCCCCC1)C1(c2ccccc2)CCC1. The van der Waals surface area contributed by atoms with Gasteiger partial charge in [0.25, 0.3) is 0 Å². The quantitative estimate of drug-likeness (QED) is 0.790. The molecule has 0 amide bonds. The van der Waals surface area contributed by atoms with Crippen LogP contribution in [0.25, 0.3) is 0 Å². The lowest BCUT2D eigenvalue weighted by Crippen LogP contribution is -2.51. The van der Waals surface area contributed by atoms with Gasteiger partial charge in [-0.2, -0.15) is 0 Å². The van der Waals surface area contributed by atoms with Crippen LogP contribution in [0.15, 0.2) is 42.0 Å². The van der Waals surface area contributed by atoms with Crippen molar-refractivity contribution in [3.05, 3.63) is 47.5 Å². The maximum Gasteiger partial charge on any atom is 0.0352 e. The molecule has 1 saturated carbocycles. The minimum absolute atomic E-state index is 0.228. The van der Waals surface area contributed by atoms with Gasteiger partial charge >= 0.3 is 0 Å². The molecule has 0 radical (unpaired) electrons. The highest BCUT2D eigenvalue weighted by Gasteiger charge is 2.44. The van der Waals surface area contributed by atoms with Crippen molar-refractivity contribution in [3.63, 3.8) is 0 Å². The van der Waals surface area contributed by atoms with Crippen LogP contribution in [0.5, 0.6) is 0 Å². The van der Waals surface area contributed by atoms with Crippen LogP contribution in [-0.2, 0) is 5.41 Å². The number of hydrogen-bond donors (Lipinski definition) is 1. The molecule has 2 N–H and O–H groups in total. The standard InChI is InChI=1S/C19H27N/c20-18(16-10-5-2-1-3-6-11-16)19(14-9-15-19)17-12-7-4-8-13-17/h4,7-8,10,12-13,18H,1-3,5-6,9,11,14-15,20H2/b16-10+. The molecule has 0 aliphatic heterocycles. The molecule has 20 heavy (non-hydrogen) atoms. The molecule has 1 aromatic carbocycles. The molecule has 1 nitrogen and oxygen atoms in total. The maximum absolute atomic E-state index is 6.77. The summed E-state index contributed by atoms with van der Waals surface area (Å²) in [7, 11) is 0. The fourth-order valence-corrected chi connectivity index (χ4v) is 3.96. The third-order valence-corrected chi connectivity index (χ3v) is 5.42. The van der Waals surface area contributed by atoms with E-state index in [1.54, 1.807) is 0 Å². The molecule has 0 bridgehead atoms.